The fraction of sp³-hybridized carbons (Fsp3) is 0.636. The number of rotatable bonds is 2. The van der Waals surface area contributed by atoms with Crippen molar-refractivity contribution in [2.75, 3.05) is 6.61 Å². The minimum absolute atomic E-state index is 0.139. The van der Waals surface area contributed by atoms with Gasteiger partial charge in [0.05, 0.1) is 6.04 Å². The van der Waals surface area contributed by atoms with Crippen LogP contribution in [0.4, 0.5) is 4.79 Å². The van der Waals surface area contributed by atoms with Crippen molar-refractivity contribution in [3.8, 4) is 0 Å². The fourth-order valence-electron chi connectivity index (χ4n) is 1.47. The maximum atomic E-state index is 11.9. The minimum atomic E-state index is -0.528. The van der Waals surface area contributed by atoms with Crippen LogP contribution in [0.25, 0.3) is 0 Å². The Kier molecular flexibility index (Phi) is 3.50. The standard InChI is InChI=1S/C11H17NO3/c1-5-8(4)10(13)12-9(7(2)3)6-15-11(12)14/h5,7,9H,6H2,1-4H3/b8-5+/t9-/m0/s1. The van der Waals surface area contributed by atoms with Crippen LogP contribution in [0.3, 0.4) is 0 Å². The van der Waals surface area contributed by atoms with Crippen molar-refractivity contribution in [3.63, 3.8) is 0 Å². The largest absolute Gasteiger partial charge is 0.447 e. The van der Waals surface area contributed by atoms with Crippen molar-refractivity contribution >= 4 is 12.0 Å². The summed E-state index contributed by atoms with van der Waals surface area (Å²) in [5, 5.41) is 0. The third-order valence-corrected chi connectivity index (χ3v) is 2.66. The van der Waals surface area contributed by atoms with Gasteiger partial charge >= 0.3 is 6.09 Å². The molecule has 2 amide bonds. The molecule has 1 atom stereocenters. The molecule has 15 heavy (non-hydrogen) atoms. The Morgan fingerprint density at radius 1 is 1.60 bits per heavy atom. The lowest BCUT2D eigenvalue weighted by Crippen LogP contribution is -2.42. The quantitative estimate of drug-likeness (QED) is 0.656. The molecule has 4 nitrogen and oxygen atoms in total. The fourth-order valence-corrected chi connectivity index (χ4v) is 1.47. The first kappa shape index (κ1) is 11.8. The zero-order chi connectivity index (χ0) is 11.6. The molecule has 1 saturated heterocycles. The molecule has 0 aliphatic carbocycles. The van der Waals surface area contributed by atoms with E-state index in [1.165, 1.54) is 4.90 Å². The van der Waals surface area contributed by atoms with Crippen molar-refractivity contribution in [2.45, 2.75) is 33.7 Å². The Morgan fingerprint density at radius 3 is 2.67 bits per heavy atom. The average molecular weight is 211 g/mol. The summed E-state index contributed by atoms with van der Waals surface area (Å²) in [6, 6.07) is -0.139. The number of carbonyl (C=O) groups is 2. The van der Waals surface area contributed by atoms with Gasteiger partial charge in [-0.15, -0.1) is 0 Å². The van der Waals surface area contributed by atoms with Crippen molar-refractivity contribution in [2.24, 2.45) is 5.92 Å². The van der Waals surface area contributed by atoms with Crippen LogP contribution in [0.2, 0.25) is 0 Å². The summed E-state index contributed by atoms with van der Waals surface area (Å²) in [7, 11) is 0. The molecule has 0 unspecified atom stereocenters. The summed E-state index contributed by atoms with van der Waals surface area (Å²) in [4.78, 5) is 24.5. The lowest BCUT2D eigenvalue weighted by Gasteiger charge is -2.22. The van der Waals surface area contributed by atoms with E-state index in [0.29, 0.717) is 12.2 Å². The lowest BCUT2D eigenvalue weighted by molar-refractivity contribution is -0.125. The second-order valence-electron chi connectivity index (χ2n) is 4.04. The Balaban J connectivity index is 2.90. The third kappa shape index (κ3) is 2.19. The average Bonchev–Trinajstić information content (AvgIpc) is 2.58. The molecule has 1 aliphatic rings. The molecule has 0 spiro atoms. The van der Waals surface area contributed by atoms with Crippen LogP contribution >= 0.6 is 0 Å². The first-order valence-electron chi connectivity index (χ1n) is 5.12. The molecule has 0 aromatic carbocycles. The summed E-state index contributed by atoms with van der Waals surface area (Å²) in [6.07, 6.45) is 1.17. The first-order valence-corrected chi connectivity index (χ1v) is 5.12. The van der Waals surface area contributed by atoms with E-state index in [2.05, 4.69) is 0 Å². The van der Waals surface area contributed by atoms with Crippen LogP contribution < -0.4 is 0 Å². The van der Waals surface area contributed by atoms with E-state index in [1.54, 1.807) is 19.9 Å². The SMILES string of the molecule is C/C=C(\C)C(=O)N1C(=O)OC[C@H]1C(C)C. The van der Waals surface area contributed by atoms with Crippen LogP contribution in [0, 0.1) is 5.92 Å². The second-order valence-corrected chi connectivity index (χ2v) is 4.04. The smallest absolute Gasteiger partial charge is 0.417 e. The lowest BCUT2D eigenvalue weighted by atomic mass is 10.0. The van der Waals surface area contributed by atoms with Gasteiger partial charge < -0.3 is 4.74 Å². The molecular formula is C11H17NO3. The van der Waals surface area contributed by atoms with Crippen molar-refractivity contribution in [1.82, 2.24) is 4.90 Å². The van der Waals surface area contributed by atoms with Gasteiger partial charge in [-0.05, 0) is 19.8 Å². The number of hydrogen-bond donors (Lipinski definition) is 0. The molecule has 0 aromatic rings. The first-order chi connectivity index (χ1) is 6.99. The Bertz CT molecular complexity index is 307. The van der Waals surface area contributed by atoms with E-state index in [-0.39, 0.29) is 17.9 Å². The summed E-state index contributed by atoms with van der Waals surface area (Å²) in [6.45, 7) is 7.72. The number of ether oxygens (including phenoxy) is 1. The molecule has 0 radical (unpaired) electrons. The number of carbonyl (C=O) groups excluding carboxylic acids is 2. The van der Waals surface area contributed by atoms with E-state index in [9.17, 15) is 9.59 Å². The number of cyclic esters (lactones) is 1. The van der Waals surface area contributed by atoms with Gasteiger partial charge in [-0.3, -0.25) is 4.79 Å². The molecule has 0 saturated carbocycles. The molecule has 1 rings (SSSR count). The van der Waals surface area contributed by atoms with Crippen LogP contribution in [0.1, 0.15) is 27.7 Å². The minimum Gasteiger partial charge on any atom is -0.447 e. The second kappa shape index (κ2) is 4.47. The normalized spacial score (nSPS) is 22.2. The van der Waals surface area contributed by atoms with Gasteiger partial charge in [0.15, 0.2) is 0 Å². The number of hydrogen-bond acceptors (Lipinski definition) is 3. The van der Waals surface area contributed by atoms with Gasteiger partial charge in [0.25, 0.3) is 5.91 Å². The topological polar surface area (TPSA) is 46.6 Å². The van der Waals surface area contributed by atoms with E-state index in [0.717, 1.165) is 0 Å². The molecule has 84 valence electrons. The van der Waals surface area contributed by atoms with E-state index in [4.69, 9.17) is 4.74 Å². The number of nitrogens with zero attached hydrogens (tertiary/aromatic N) is 1. The number of amides is 2. The summed E-state index contributed by atoms with van der Waals surface area (Å²) in [5.41, 5.74) is 0.569. The highest BCUT2D eigenvalue weighted by Crippen LogP contribution is 2.21. The molecule has 0 N–H and O–H groups in total. The summed E-state index contributed by atoms with van der Waals surface area (Å²) >= 11 is 0. The molecule has 1 fully saturated rings. The van der Waals surface area contributed by atoms with Crippen molar-refractivity contribution in [3.05, 3.63) is 11.6 Å². The monoisotopic (exact) mass is 211 g/mol. The van der Waals surface area contributed by atoms with Crippen LogP contribution in [0.5, 0.6) is 0 Å². The van der Waals surface area contributed by atoms with E-state index in [1.807, 2.05) is 13.8 Å². The maximum Gasteiger partial charge on any atom is 0.417 e. The predicted molar refractivity (Wildman–Crippen MR) is 56.3 cm³/mol. The van der Waals surface area contributed by atoms with Gasteiger partial charge in [-0.2, -0.15) is 0 Å². The van der Waals surface area contributed by atoms with Gasteiger partial charge in [-0.1, -0.05) is 19.9 Å². The molecule has 4 heteroatoms. The molecule has 0 aromatic heterocycles. The molecule has 0 bridgehead atoms. The van der Waals surface area contributed by atoms with Crippen LogP contribution in [-0.4, -0.2) is 29.5 Å². The Labute approximate surface area is 89.9 Å². The highest BCUT2D eigenvalue weighted by atomic mass is 16.6. The predicted octanol–water partition coefficient (Wildman–Crippen LogP) is 1.96. The summed E-state index contributed by atoms with van der Waals surface area (Å²) < 4.78 is 4.89. The van der Waals surface area contributed by atoms with Crippen molar-refractivity contribution < 1.29 is 14.3 Å². The Hall–Kier alpha value is -1.32. The van der Waals surface area contributed by atoms with E-state index >= 15 is 0 Å². The maximum absolute atomic E-state index is 11.9. The number of imide groups is 1. The van der Waals surface area contributed by atoms with Gasteiger partial charge in [0.1, 0.15) is 6.61 Å². The molecule has 1 aliphatic heterocycles. The Morgan fingerprint density at radius 2 is 2.20 bits per heavy atom. The third-order valence-electron chi connectivity index (χ3n) is 2.66. The zero-order valence-corrected chi connectivity index (χ0v) is 9.61. The van der Waals surface area contributed by atoms with E-state index < -0.39 is 6.09 Å². The highest BCUT2D eigenvalue weighted by Gasteiger charge is 2.39. The molecule has 1 heterocycles. The summed E-state index contributed by atoms with van der Waals surface area (Å²) in [5.74, 6) is -0.0382. The van der Waals surface area contributed by atoms with Crippen molar-refractivity contribution in [1.29, 1.82) is 0 Å². The van der Waals surface area contributed by atoms with Crippen LogP contribution in [-0.2, 0) is 9.53 Å². The highest BCUT2D eigenvalue weighted by molar-refractivity contribution is 6.03. The number of allylic oxidation sites excluding steroid dienone is 1. The van der Waals surface area contributed by atoms with Gasteiger partial charge in [-0.25, -0.2) is 9.69 Å². The van der Waals surface area contributed by atoms with Gasteiger partial charge in [0, 0.05) is 5.57 Å². The zero-order valence-electron chi connectivity index (χ0n) is 9.61. The molecular weight excluding hydrogens is 194 g/mol. The van der Waals surface area contributed by atoms with Gasteiger partial charge in [0.2, 0.25) is 0 Å². The van der Waals surface area contributed by atoms with Crippen LogP contribution in [0.15, 0.2) is 11.6 Å².